The minimum atomic E-state index is 0.0278. The number of hydrogen-bond donors (Lipinski definition) is 1. The lowest BCUT2D eigenvalue weighted by Crippen LogP contribution is -2.48. The van der Waals surface area contributed by atoms with Gasteiger partial charge in [0, 0.05) is 31.9 Å². The zero-order chi connectivity index (χ0) is 18.8. The van der Waals surface area contributed by atoms with Crippen molar-refractivity contribution in [2.45, 2.75) is 6.92 Å². The molecule has 27 heavy (non-hydrogen) atoms. The monoisotopic (exact) mass is 362 g/mol. The van der Waals surface area contributed by atoms with E-state index < -0.39 is 0 Å². The summed E-state index contributed by atoms with van der Waals surface area (Å²) in [5, 5.41) is 13.8. The summed E-state index contributed by atoms with van der Waals surface area (Å²) >= 11 is 0. The van der Waals surface area contributed by atoms with Crippen LogP contribution in [0.2, 0.25) is 0 Å². The molecule has 6 heteroatoms. The summed E-state index contributed by atoms with van der Waals surface area (Å²) in [4.78, 5) is 17.1. The van der Waals surface area contributed by atoms with Gasteiger partial charge in [0.25, 0.3) is 5.91 Å². The van der Waals surface area contributed by atoms with Crippen LogP contribution < -0.4 is 4.90 Å². The van der Waals surface area contributed by atoms with Crippen molar-refractivity contribution >= 4 is 11.6 Å². The lowest BCUT2D eigenvalue weighted by Gasteiger charge is -2.36. The molecule has 1 amide bonds. The van der Waals surface area contributed by atoms with E-state index in [4.69, 9.17) is 0 Å². The summed E-state index contributed by atoms with van der Waals surface area (Å²) in [6, 6.07) is 17.0. The molecule has 2 heterocycles. The van der Waals surface area contributed by atoms with E-state index in [1.165, 1.54) is 0 Å². The fourth-order valence-corrected chi connectivity index (χ4v) is 3.45. The topological polar surface area (TPSA) is 61.6 Å². The summed E-state index contributed by atoms with van der Waals surface area (Å²) in [7, 11) is 0. The van der Waals surface area contributed by atoms with Gasteiger partial charge in [0.05, 0.1) is 23.1 Å². The average molecular weight is 362 g/mol. The summed E-state index contributed by atoms with van der Waals surface area (Å²) in [5.41, 5.74) is 3.52. The average Bonchev–Trinajstić information content (AvgIpc) is 3.10. The van der Waals surface area contributed by atoms with Gasteiger partial charge in [-0.25, -0.2) is 4.68 Å². The van der Waals surface area contributed by atoms with Crippen molar-refractivity contribution in [2.75, 3.05) is 31.1 Å². The third kappa shape index (κ3) is 3.38. The molecule has 0 spiro atoms. The number of hydrogen-bond acceptors (Lipinski definition) is 4. The molecule has 1 aliphatic rings. The molecule has 138 valence electrons. The van der Waals surface area contributed by atoms with E-state index in [2.05, 4.69) is 10.00 Å². The smallest absolute Gasteiger partial charge is 0.257 e. The van der Waals surface area contributed by atoms with Crippen molar-refractivity contribution in [1.29, 1.82) is 0 Å². The highest BCUT2D eigenvalue weighted by Crippen LogP contribution is 2.21. The molecule has 0 bridgehead atoms. The first-order chi connectivity index (χ1) is 13.1. The van der Waals surface area contributed by atoms with Crippen molar-refractivity contribution in [2.24, 2.45) is 0 Å². The van der Waals surface area contributed by atoms with E-state index in [-0.39, 0.29) is 11.7 Å². The second-order valence-corrected chi connectivity index (χ2v) is 6.69. The van der Waals surface area contributed by atoms with Gasteiger partial charge in [0.2, 0.25) is 0 Å². The summed E-state index contributed by atoms with van der Waals surface area (Å²) in [6.45, 7) is 4.79. The predicted molar refractivity (Wildman–Crippen MR) is 105 cm³/mol. The Morgan fingerprint density at radius 2 is 1.59 bits per heavy atom. The minimum absolute atomic E-state index is 0.0278. The molecule has 0 atom stereocenters. The summed E-state index contributed by atoms with van der Waals surface area (Å²) in [5.74, 6) is 0.290. The van der Waals surface area contributed by atoms with Gasteiger partial charge in [-0.2, -0.15) is 5.10 Å². The molecule has 1 saturated heterocycles. The number of carbonyl (C=O) groups is 1. The Hall–Kier alpha value is -3.28. The zero-order valence-electron chi connectivity index (χ0n) is 15.2. The first-order valence-corrected chi connectivity index (χ1v) is 9.07. The van der Waals surface area contributed by atoms with Crippen molar-refractivity contribution in [3.63, 3.8) is 0 Å². The minimum Gasteiger partial charge on any atom is -0.508 e. The number of anilines is 1. The maximum absolute atomic E-state index is 13.0. The van der Waals surface area contributed by atoms with Gasteiger partial charge >= 0.3 is 0 Å². The molecule has 4 rings (SSSR count). The number of para-hydroxylation sites is 1. The standard InChI is InChI=1S/C21H22N4O2/c1-16-20(15-22-25(16)18-5-3-2-4-6-18)21(27)24-13-11-23(12-14-24)17-7-9-19(26)10-8-17/h2-10,15,26H,11-14H2,1H3. The fraction of sp³-hybridized carbons (Fsp3) is 0.238. The van der Waals surface area contributed by atoms with Gasteiger partial charge in [0.1, 0.15) is 5.75 Å². The van der Waals surface area contributed by atoms with Crippen LogP contribution in [0.5, 0.6) is 5.75 Å². The molecule has 2 aromatic carbocycles. The Labute approximate surface area is 158 Å². The maximum atomic E-state index is 13.0. The van der Waals surface area contributed by atoms with E-state index in [9.17, 15) is 9.90 Å². The molecule has 1 fully saturated rings. The van der Waals surface area contributed by atoms with E-state index in [1.807, 2.05) is 54.3 Å². The van der Waals surface area contributed by atoms with Crippen molar-refractivity contribution in [3.8, 4) is 11.4 Å². The first kappa shape index (κ1) is 17.1. The van der Waals surface area contributed by atoms with E-state index in [0.717, 1.165) is 30.2 Å². The second kappa shape index (κ2) is 7.15. The summed E-state index contributed by atoms with van der Waals surface area (Å²) in [6.07, 6.45) is 1.66. The van der Waals surface area contributed by atoms with Gasteiger partial charge in [0.15, 0.2) is 0 Å². The molecule has 1 aliphatic heterocycles. The van der Waals surface area contributed by atoms with Gasteiger partial charge in [-0.05, 0) is 43.3 Å². The number of amides is 1. The molecule has 1 aromatic heterocycles. The van der Waals surface area contributed by atoms with Crippen LogP contribution in [0.3, 0.4) is 0 Å². The van der Waals surface area contributed by atoms with Crippen LogP contribution in [0.25, 0.3) is 5.69 Å². The van der Waals surface area contributed by atoms with E-state index in [0.29, 0.717) is 18.7 Å². The second-order valence-electron chi connectivity index (χ2n) is 6.69. The number of nitrogens with zero attached hydrogens (tertiary/aromatic N) is 4. The van der Waals surface area contributed by atoms with Gasteiger partial charge in [-0.15, -0.1) is 0 Å². The third-order valence-electron chi connectivity index (χ3n) is 5.02. The van der Waals surface area contributed by atoms with Crippen LogP contribution in [0.1, 0.15) is 16.1 Å². The normalized spacial score (nSPS) is 14.4. The molecule has 1 N–H and O–H groups in total. The van der Waals surface area contributed by atoms with E-state index >= 15 is 0 Å². The maximum Gasteiger partial charge on any atom is 0.257 e. The van der Waals surface area contributed by atoms with Crippen LogP contribution in [0.15, 0.2) is 60.8 Å². The van der Waals surface area contributed by atoms with Crippen molar-refractivity contribution < 1.29 is 9.90 Å². The molecule has 3 aromatic rings. The first-order valence-electron chi connectivity index (χ1n) is 9.07. The lowest BCUT2D eigenvalue weighted by atomic mass is 10.2. The zero-order valence-corrected chi connectivity index (χ0v) is 15.2. The van der Waals surface area contributed by atoms with Crippen LogP contribution in [0.4, 0.5) is 5.69 Å². The van der Waals surface area contributed by atoms with Crippen LogP contribution in [-0.4, -0.2) is 51.9 Å². The van der Waals surface area contributed by atoms with Crippen molar-refractivity contribution in [1.82, 2.24) is 14.7 Å². The highest BCUT2D eigenvalue weighted by Gasteiger charge is 2.25. The van der Waals surface area contributed by atoms with Crippen LogP contribution >= 0.6 is 0 Å². The number of carbonyl (C=O) groups excluding carboxylic acids is 1. The van der Waals surface area contributed by atoms with Crippen molar-refractivity contribution in [3.05, 3.63) is 72.1 Å². The third-order valence-corrected chi connectivity index (χ3v) is 5.02. The lowest BCUT2D eigenvalue weighted by molar-refractivity contribution is 0.0746. The number of phenolic OH excluding ortho intramolecular Hbond substituents is 1. The quantitative estimate of drug-likeness (QED) is 0.778. The molecule has 0 saturated carbocycles. The van der Waals surface area contributed by atoms with Gasteiger partial charge < -0.3 is 14.9 Å². The molecule has 0 unspecified atom stereocenters. The SMILES string of the molecule is Cc1c(C(=O)N2CCN(c3ccc(O)cc3)CC2)cnn1-c1ccccc1. The van der Waals surface area contributed by atoms with Gasteiger partial charge in [-0.3, -0.25) is 4.79 Å². The highest BCUT2D eigenvalue weighted by molar-refractivity contribution is 5.95. The number of benzene rings is 2. The number of aromatic nitrogens is 2. The Kier molecular flexibility index (Phi) is 4.54. The molecular weight excluding hydrogens is 340 g/mol. The highest BCUT2D eigenvalue weighted by atomic mass is 16.3. The number of rotatable bonds is 3. The Morgan fingerprint density at radius 3 is 2.26 bits per heavy atom. The Balaban J connectivity index is 1.45. The fourth-order valence-electron chi connectivity index (χ4n) is 3.45. The van der Waals surface area contributed by atoms with Crippen LogP contribution in [0, 0.1) is 6.92 Å². The Bertz CT molecular complexity index is 927. The molecule has 6 nitrogen and oxygen atoms in total. The summed E-state index contributed by atoms with van der Waals surface area (Å²) < 4.78 is 1.81. The van der Waals surface area contributed by atoms with Gasteiger partial charge in [-0.1, -0.05) is 18.2 Å². The molecule has 0 aliphatic carbocycles. The van der Waals surface area contributed by atoms with Crippen LogP contribution in [-0.2, 0) is 0 Å². The Morgan fingerprint density at radius 1 is 0.926 bits per heavy atom. The molecule has 0 radical (unpaired) electrons. The predicted octanol–water partition coefficient (Wildman–Crippen LogP) is 2.85. The number of piperazine rings is 1. The largest absolute Gasteiger partial charge is 0.508 e. The van der Waals surface area contributed by atoms with E-state index in [1.54, 1.807) is 23.0 Å². The number of aromatic hydroxyl groups is 1. The number of phenols is 1. The molecular formula is C21H22N4O2.